The van der Waals surface area contributed by atoms with Crippen molar-refractivity contribution in [3.8, 4) is 17.3 Å². The van der Waals surface area contributed by atoms with E-state index in [4.69, 9.17) is 17.0 Å². The van der Waals surface area contributed by atoms with E-state index in [0.29, 0.717) is 22.8 Å². The maximum atomic E-state index is 13.8. The highest BCUT2D eigenvalue weighted by atomic mass is 32.2. The first-order valence-corrected chi connectivity index (χ1v) is 14.3. The summed E-state index contributed by atoms with van der Waals surface area (Å²) in [7, 11) is 1.75. The van der Waals surface area contributed by atoms with Crippen LogP contribution in [0.1, 0.15) is 22.4 Å². The lowest BCUT2D eigenvalue weighted by molar-refractivity contribution is -0.113. The lowest BCUT2D eigenvalue weighted by atomic mass is 10.2. The van der Waals surface area contributed by atoms with Crippen molar-refractivity contribution in [2.75, 3.05) is 4.90 Å². The first-order chi connectivity index (χ1) is 20.2. The fourth-order valence-corrected chi connectivity index (χ4v) is 6.07. The molecule has 0 bridgehead atoms. The van der Waals surface area contributed by atoms with Crippen molar-refractivity contribution in [1.82, 2.24) is 18.7 Å². The first-order valence-electron chi connectivity index (χ1n) is 13.0. The number of benzene rings is 2. The molecular weight excluding hydrogens is 571 g/mol. The monoisotopic (exact) mass is 595 g/mol. The van der Waals surface area contributed by atoms with Crippen molar-refractivity contribution in [3.63, 3.8) is 0 Å². The number of pyridine rings is 1. The van der Waals surface area contributed by atoms with Gasteiger partial charge in [-0.2, -0.15) is 4.98 Å². The van der Waals surface area contributed by atoms with Gasteiger partial charge in [0.15, 0.2) is 4.32 Å². The molecule has 42 heavy (non-hydrogen) atoms. The third-order valence-electron chi connectivity index (χ3n) is 7.10. The van der Waals surface area contributed by atoms with Crippen LogP contribution in [0.2, 0.25) is 0 Å². The molecule has 6 rings (SSSR count). The van der Waals surface area contributed by atoms with Crippen molar-refractivity contribution in [2.45, 2.75) is 20.8 Å². The lowest BCUT2D eigenvalue weighted by Crippen LogP contribution is -2.33. The Bertz CT molecular complexity index is 2060. The number of rotatable bonds is 5. The number of thiocarbonyl (C=S) groups is 1. The van der Waals surface area contributed by atoms with Crippen LogP contribution in [0, 0.1) is 20.8 Å². The van der Waals surface area contributed by atoms with E-state index in [-0.39, 0.29) is 31.9 Å². The zero-order chi connectivity index (χ0) is 29.7. The van der Waals surface area contributed by atoms with Gasteiger partial charge >= 0.3 is 0 Å². The summed E-state index contributed by atoms with van der Waals surface area (Å²) in [6.45, 7) is 5.57. The molecule has 1 amide bonds. The minimum atomic E-state index is -0.508. The average molecular weight is 596 g/mol. The number of thioether (sulfide) groups is 1. The second-order valence-corrected chi connectivity index (χ2v) is 11.5. The Hall–Kier alpha value is -4.74. The number of amides is 1. The van der Waals surface area contributed by atoms with E-state index in [9.17, 15) is 14.4 Å². The molecular formula is C31H25N5O4S2. The summed E-state index contributed by atoms with van der Waals surface area (Å²) in [5.74, 6) is 0.0470. The van der Waals surface area contributed by atoms with E-state index in [1.54, 1.807) is 43.0 Å². The van der Waals surface area contributed by atoms with Crippen molar-refractivity contribution in [3.05, 3.63) is 121 Å². The molecule has 0 aliphatic carbocycles. The standard InChI is InChI=1S/C31H25N5O4S2/c1-18-12-14-22(15-13-18)40-27-23(28(37)34-16-8-9-19(2)26(34)32-27)17-24-29(38)35(31(41)42-24)25-20(3)33(4)36(30(25)39)21-10-6-5-7-11-21/h5-17H,1-4H3. The molecule has 1 saturated heterocycles. The predicted octanol–water partition coefficient (Wildman–Crippen LogP) is 5.31. The molecule has 0 atom stereocenters. The molecule has 0 radical (unpaired) electrons. The van der Waals surface area contributed by atoms with E-state index in [0.717, 1.165) is 22.9 Å². The molecule has 210 valence electrons. The molecule has 9 nitrogen and oxygen atoms in total. The third-order valence-corrected chi connectivity index (χ3v) is 8.40. The number of nitrogens with zero attached hydrogens (tertiary/aromatic N) is 5. The molecule has 5 aromatic rings. The van der Waals surface area contributed by atoms with E-state index < -0.39 is 11.5 Å². The Balaban J connectivity index is 1.47. The highest BCUT2D eigenvalue weighted by Gasteiger charge is 2.38. The van der Waals surface area contributed by atoms with Gasteiger partial charge in [0, 0.05) is 13.2 Å². The van der Waals surface area contributed by atoms with Gasteiger partial charge in [0.2, 0.25) is 5.88 Å². The van der Waals surface area contributed by atoms with E-state index in [1.807, 2.05) is 62.4 Å². The number of anilines is 1. The minimum absolute atomic E-state index is 0.0609. The zero-order valence-corrected chi connectivity index (χ0v) is 24.8. The Morgan fingerprint density at radius 3 is 2.33 bits per heavy atom. The van der Waals surface area contributed by atoms with Gasteiger partial charge in [-0.3, -0.25) is 28.4 Å². The average Bonchev–Trinajstić information content (AvgIpc) is 3.37. The van der Waals surface area contributed by atoms with Crippen LogP contribution in [0.5, 0.6) is 11.6 Å². The largest absolute Gasteiger partial charge is 0.438 e. The predicted molar refractivity (Wildman–Crippen MR) is 169 cm³/mol. The number of hydrogen-bond donors (Lipinski definition) is 0. The van der Waals surface area contributed by atoms with Gasteiger partial charge in [-0.25, -0.2) is 4.68 Å². The zero-order valence-electron chi connectivity index (χ0n) is 23.2. The smallest absolute Gasteiger partial charge is 0.296 e. The number of fused-ring (bicyclic) bond motifs is 1. The Morgan fingerprint density at radius 1 is 0.905 bits per heavy atom. The number of carbonyl (C=O) groups is 1. The van der Waals surface area contributed by atoms with Crippen molar-refractivity contribution < 1.29 is 9.53 Å². The molecule has 11 heteroatoms. The minimum Gasteiger partial charge on any atom is -0.438 e. The normalized spacial score (nSPS) is 14.4. The van der Waals surface area contributed by atoms with Crippen LogP contribution in [0.15, 0.2) is 87.4 Å². The fraction of sp³-hybridized carbons (Fsp3) is 0.129. The number of aryl methyl sites for hydroxylation is 2. The summed E-state index contributed by atoms with van der Waals surface area (Å²) in [4.78, 5) is 47.3. The summed E-state index contributed by atoms with van der Waals surface area (Å²) in [6.07, 6.45) is 3.07. The molecule has 1 aliphatic heterocycles. The molecule has 0 unspecified atom stereocenters. The maximum Gasteiger partial charge on any atom is 0.296 e. The molecule has 1 fully saturated rings. The third kappa shape index (κ3) is 4.56. The molecule has 3 aromatic heterocycles. The van der Waals surface area contributed by atoms with Gasteiger partial charge in [-0.1, -0.05) is 65.9 Å². The quantitative estimate of drug-likeness (QED) is 0.201. The van der Waals surface area contributed by atoms with Gasteiger partial charge < -0.3 is 4.74 Å². The van der Waals surface area contributed by atoms with Crippen molar-refractivity contribution in [1.29, 1.82) is 0 Å². The van der Waals surface area contributed by atoms with Crippen LogP contribution in [-0.4, -0.2) is 29.0 Å². The van der Waals surface area contributed by atoms with Crippen LogP contribution in [0.25, 0.3) is 17.4 Å². The Kier molecular flexibility index (Phi) is 6.91. The van der Waals surface area contributed by atoms with Crippen molar-refractivity contribution >= 4 is 51.6 Å². The van der Waals surface area contributed by atoms with Gasteiger partial charge in [0.25, 0.3) is 17.0 Å². The topological polar surface area (TPSA) is 90.8 Å². The van der Waals surface area contributed by atoms with Crippen LogP contribution in [0.4, 0.5) is 5.69 Å². The van der Waals surface area contributed by atoms with Crippen LogP contribution in [0.3, 0.4) is 0 Å². The lowest BCUT2D eigenvalue weighted by Gasteiger charge is -2.13. The molecule has 0 saturated carbocycles. The van der Waals surface area contributed by atoms with Crippen LogP contribution in [-0.2, 0) is 11.8 Å². The van der Waals surface area contributed by atoms with Crippen LogP contribution < -0.4 is 20.8 Å². The van der Waals surface area contributed by atoms with Gasteiger partial charge in [0.1, 0.15) is 22.6 Å². The first kappa shape index (κ1) is 27.4. The second kappa shape index (κ2) is 10.6. The Morgan fingerprint density at radius 2 is 1.62 bits per heavy atom. The SMILES string of the molecule is Cc1ccc(Oc2nc3c(C)cccn3c(=O)c2C=C2SC(=S)N(c3c(C)n(C)n(-c4ccccc4)c3=O)C2=O)cc1. The molecule has 2 aromatic carbocycles. The number of para-hydroxylation sites is 1. The summed E-state index contributed by atoms with van der Waals surface area (Å²) in [6, 6.07) is 20.1. The Labute approximate surface area is 250 Å². The maximum absolute atomic E-state index is 13.8. The molecule has 4 heterocycles. The van der Waals surface area contributed by atoms with E-state index >= 15 is 0 Å². The summed E-state index contributed by atoms with van der Waals surface area (Å²) in [5, 5.41) is 0. The number of carbonyl (C=O) groups excluding carboxylic acids is 1. The highest BCUT2D eigenvalue weighted by Crippen LogP contribution is 2.37. The molecule has 1 aliphatic rings. The molecule has 0 N–H and O–H groups in total. The summed E-state index contributed by atoms with van der Waals surface area (Å²) < 4.78 is 10.9. The number of ether oxygens (including phenoxy) is 1. The fourth-order valence-electron chi connectivity index (χ4n) is 4.81. The molecule has 0 spiro atoms. The number of hydrogen-bond acceptors (Lipinski definition) is 7. The highest BCUT2D eigenvalue weighted by molar-refractivity contribution is 8.27. The van der Waals surface area contributed by atoms with Crippen molar-refractivity contribution in [2.24, 2.45) is 7.05 Å². The van der Waals surface area contributed by atoms with Crippen LogP contribution >= 0.6 is 24.0 Å². The summed E-state index contributed by atoms with van der Waals surface area (Å²) >= 11 is 6.61. The van der Waals surface area contributed by atoms with Gasteiger partial charge in [0.05, 0.1) is 16.3 Å². The summed E-state index contributed by atoms with van der Waals surface area (Å²) in [5.41, 5.74) is 2.96. The van der Waals surface area contributed by atoms with E-state index in [2.05, 4.69) is 4.98 Å². The van der Waals surface area contributed by atoms with Gasteiger partial charge in [-0.05, 0) is 62.7 Å². The van der Waals surface area contributed by atoms with E-state index in [1.165, 1.54) is 20.1 Å². The second-order valence-electron chi connectivity index (χ2n) is 9.86. The number of aromatic nitrogens is 4. The van der Waals surface area contributed by atoms with Gasteiger partial charge in [-0.15, -0.1) is 0 Å².